The zero-order valence-corrected chi connectivity index (χ0v) is 6.63. The summed E-state index contributed by atoms with van der Waals surface area (Å²) in [6, 6.07) is 0. The van der Waals surface area contributed by atoms with Crippen LogP contribution in [0.5, 0.6) is 0 Å². The number of allylic oxidation sites excluding steroid dienone is 4. The molecule has 2 nitrogen and oxygen atoms in total. The Labute approximate surface area is 71.5 Å². The van der Waals surface area contributed by atoms with E-state index in [-0.39, 0.29) is 17.1 Å². The first-order valence-corrected chi connectivity index (χ1v) is 2.29. The Morgan fingerprint density at radius 1 is 1.20 bits per heavy atom. The third-order valence-corrected chi connectivity index (χ3v) is 0.586. The van der Waals surface area contributed by atoms with Crippen molar-refractivity contribution in [1.82, 2.24) is 0 Å². The number of rotatable bonds is 0. The van der Waals surface area contributed by atoms with Gasteiger partial charge in [0, 0.05) is 17.1 Å². The molecule has 58 valence electrons. The molecule has 10 heavy (non-hydrogen) atoms. The molecule has 0 bridgehead atoms. The molecular weight excluding hydrogens is 172 g/mol. The van der Waals surface area contributed by atoms with Crippen LogP contribution in [0.15, 0.2) is 18.2 Å². The molecule has 1 rings (SSSR count). The van der Waals surface area contributed by atoms with E-state index >= 15 is 0 Å². The van der Waals surface area contributed by atoms with Gasteiger partial charge in [0.1, 0.15) is 13.6 Å². The second kappa shape index (κ2) is 23.9. The van der Waals surface area contributed by atoms with Gasteiger partial charge in [-0.25, -0.2) is 12.2 Å². The summed E-state index contributed by atoms with van der Waals surface area (Å²) in [5.41, 5.74) is 0. The Morgan fingerprint density at radius 3 is 1.80 bits per heavy atom. The van der Waals surface area contributed by atoms with E-state index in [1.165, 1.54) is 0 Å². The first-order valence-electron chi connectivity index (χ1n) is 2.29. The van der Waals surface area contributed by atoms with Crippen LogP contribution in [-0.2, 0) is 26.7 Å². The maximum atomic E-state index is 8.00. The molecule has 0 saturated carbocycles. The van der Waals surface area contributed by atoms with Gasteiger partial charge in [0.25, 0.3) is 0 Å². The predicted molar refractivity (Wildman–Crippen MR) is 35.8 cm³/mol. The van der Waals surface area contributed by atoms with Gasteiger partial charge in [-0.1, -0.05) is 0 Å². The minimum atomic E-state index is 0. The zero-order valence-electron chi connectivity index (χ0n) is 5.52. The Kier molecular flexibility index (Phi) is 38.6. The number of carbonyl (C=O) groups excluding carboxylic acids is 2. The van der Waals surface area contributed by atoms with Gasteiger partial charge in [-0.05, 0) is 0 Å². The van der Waals surface area contributed by atoms with E-state index < -0.39 is 0 Å². The number of hydrogen-bond donors (Lipinski definition) is 0. The summed E-state index contributed by atoms with van der Waals surface area (Å²) < 4.78 is 0. The normalized spacial score (nSPS) is 9.60. The third-order valence-electron chi connectivity index (χ3n) is 0.586. The fraction of sp³-hybridized carbons (Fsp3) is 0.143. The average molecular weight is 181 g/mol. The summed E-state index contributed by atoms with van der Waals surface area (Å²) in [7, 11) is 0. The van der Waals surface area contributed by atoms with Gasteiger partial charge in [0.05, 0.1) is 0 Å². The fourth-order valence-electron chi connectivity index (χ4n) is 0.340. The van der Waals surface area contributed by atoms with Crippen LogP contribution in [-0.4, -0.2) is 13.6 Å². The molecule has 0 spiro atoms. The minimum absolute atomic E-state index is 0. The van der Waals surface area contributed by atoms with E-state index in [0.717, 1.165) is 6.42 Å². The van der Waals surface area contributed by atoms with Crippen molar-refractivity contribution < 1.29 is 26.7 Å². The van der Waals surface area contributed by atoms with E-state index in [4.69, 9.17) is 9.59 Å². The minimum Gasteiger partial charge on any atom is -0.307 e. The smallest absolute Gasteiger partial charge is 0.106 e. The summed E-state index contributed by atoms with van der Waals surface area (Å²) in [6.07, 6.45) is 10.0. The summed E-state index contributed by atoms with van der Waals surface area (Å²) >= 11 is 0. The maximum absolute atomic E-state index is 8.00. The summed E-state index contributed by atoms with van der Waals surface area (Å²) in [6.45, 7) is 4.00. The Balaban J connectivity index is -0.0000000875. The van der Waals surface area contributed by atoms with Crippen molar-refractivity contribution in [3.63, 3.8) is 0 Å². The molecule has 0 aromatic rings. The molecule has 0 N–H and O–H groups in total. The molecule has 0 radical (unpaired) electrons. The molecule has 0 atom stereocenters. The second-order valence-electron chi connectivity index (χ2n) is 1.00. The molecule has 1 aliphatic rings. The van der Waals surface area contributed by atoms with Crippen LogP contribution >= 0.6 is 0 Å². The van der Waals surface area contributed by atoms with Crippen LogP contribution in [0.4, 0.5) is 0 Å². The zero-order chi connectivity index (χ0) is 7.54. The van der Waals surface area contributed by atoms with Gasteiger partial charge in [0.15, 0.2) is 0 Å². The quantitative estimate of drug-likeness (QED) is 0.411. The Morgan fingerprint density at radius 2 is 1.70 bits per heavy atom. The fourth-order valence-corrected chi connectivity index (χ4v) is 0.340. The Hall–Kier alpha value is -0.661. The molecule has 0 heterocycles. The van der Waals surface area contributed by atoms with Crippen LogP contribution in [0.25, 0.3) is 0 Å². The molecule has 3 heteroatoms. The number of carbonyl (C=O) groups is 2. The van der Waals surface area contributed by atoms with Crippen molar-refractivity contribution in [3.8, 4) is 0 Å². The predicted octanol–water partition coefficient (Wildman–Crippen LogP) is 0.933. The maximum Gasteiger partial charge on any atom is 0.106 e. The van der Waals surface area contributed by atoms with E-state index in [0.29, 0.717) is 0 Å². The standard InChI is InChI=1S/C5H5.2CH2O.Fe/c1-2-4-5-3-1;2*1-2;/h1-3H,4H2;2*1H2;/q-1;;;. The van der Waals surface area contributed by atoms with Crippen LogP contribution in [0.2, 0.25) is 0 Å². The second-order valence-corrected chi connectivity index (χ2v) is 1.00. The van der Waals surface area contributed by atoms with Gasteiger partial charge in [0.2, 0.25) is 0 Å². The van der Waals surface area contributed by atoms with Crippen LogP contribution in [0.1, 0.15) is 6.42 Å². The largest absolute Gasteiger partial charge is 0.307 e. The molecule has 0 amide bonds. The third kappa shape index (κ3) is 15.7. The topological polar surface area (TPSA) is 34.1 Å². The molecule has 0 aromatic heterocycles. The first kappa shape index (κ1) is 16.2. The molecular formula is C7H9FeO2-. The van der Waals surface area contributed by atoms with Crippen LogP contribution < -0.4 is 0 Å². The molecule has 0 aliphatic heterocycles. The summed E-state index contributed by atoms with van der Waals surface area (Å²) in [5, 5.41) is 0. The first-order chi connectivity index (χ1) is 4.50. The SMILES string of the molecule is C=O.C=O.[C-]1=CC=CC1.[Fe]. The van der Waals surface area contributed by atoms with Gasteiger partial charge < -0.3 is 9.59 Å². The molecule has 1 aliphatic carbocycles. The van der Waals surface area contributed by atoms with Crippen molar-refractivity contribution in [2.45, 2.75) is 6.42 Å². The van der Waals surface area contributed by atoms with Crippen molar-refractivity contribution in [3.05, 3.63) is 24.3 Å². The van der Waals surface area contributed by atoms with Gasteiger partial charge in [-0.15, -0.1) is 6.42 Å². The van der Waals surface area contributed by atoms with Gasteiger partial charge in [-0.2, -0.15) is 6.08 Å². The molecule has 0 aromatic carbocycles. The molecule has 0 saturated heterocycles. The van der Waals surface area contributed by atoms with Crippen molar-refractivity contribution in [1.29, 1.82) is 0 Å². The summed E-state index contributed by atoms with van der Waals surface area (Å²) in [5.74, 6) is 0. The van der Waals surface area contributed by atoms with Crippen molar-refractivity contribution in [2.24, 2.45) is 0 Å². The summed E-state index contributed by atoms with van der Waals surface area (Å²) in [4.78, 5) is 16.0. The number of hydrogen-bond acceptors (Lipinski definition) is 2. The monoisotopic (exact) mass is 181 g/mol. The molecule has 0 fully saturated rings. The Bertz CT molecular complexity index is 87.8. The van der Waals surface area contributed by atoms with Crippen molar-refractivity contribution in [2.75, 3.05) is 0 Å². The van der Waals surface area contributed by atoms with Crippen LogP contribution in [0, 0.1) is 6.08 Å². The van der Waals surface area contributed by atoms with Gasteiger partial charge in [-0.3, -0.25) is 6.08 Å². The van der Waals surface area contributed by atoms with Crippen molar-refractivity contribution >= 4 is 13.6 Å². The van der Waals surface area contributed by atoms with E-state index in [1.54, 1.807) is 0 Å². The van der Waals surface area contributed by atoms with E-state index in [9.17, 15) is 0 Å². The van der Waals surface area contributed by atoms with E-state index in [1.807, 2.05) is 25.7 Å². The van der Waals surface area contributed by atoms with Gasteiger partial charge >= 0.3 is 0 Å². The molecule has 0 unspecified atom stereocenters. The van der Waals surface area contributed by atoms with Crippen LogP contribution in [0.3, 0.4) is 0 Å². The van der Waals surface area contributed by atoms with E-state index in [2.05, 4.69) is 12.2 Å². The average Bonchev–Trinajstić information content (AvgIpc) is 2.51.